The second kappa shape index (κ2) is 9.55. The van der Waals surface area contributed by atoms with Crippen molar-refractivity contribution in [3.63, 3.8) is 0 Å². The Morgan fingerprint density at radius 1 is 0.738 bits per heavy atom. The smallest absolute Gasteiger partial charge is 0.294 e. The minimum Gasteiger partial charge on any atom is -0.294 e. The van der Waals surface area contributed by atoms with E-state index in [0.29, 0.717) is 44.9 Å². The van der Waals surface area contributed by atoms with Crippen molar-refractivity contribution >= 4 is 38.5 Å². The van der Waals surface area contributed by atoms with Crippen LogP contribution in [0.4, 0.5) is 0 Å². The molecule has 0 aliphatic rings. The number of nitrogens with zero attached hydrogens (tertiary/aromatic N) is 6. The lowest BCUT2D eigenvalue weighted by atomic mass is 10.2. The molecule has 0 aliphatic heterocycles. The molecule has 0 atom stereocenters. The Labute approximate surface area is 237 Å². The highest BCUT2D eigenvalue weighted by Gasteiger charge is 2.21. The fraction of sp³-hybridized carbons (Fsp3) is 0.156. The van der Waals surface area contributed by atoms with Gasteiger partial charge in [-0.25, -0.2) is 23.4 Å². The monoisotopic (exact) mass is 558 g/mol. The lowest BCUT2D eigenvalue weighted by Gasteiger charge is -2.09. The van der Waals surface area contributed by atoms with E-state index in [1.54, 1.807) is 54.1 Å². The third-order valence-electron chi connectivity index (χ3n) is 7.83. The van der Waals surface area contributed by atoms with Crippen LogP contribution in [0.3, 0.4) is 0 Å². The average molecular weight is 559 g/mol. The molecule has 4 heterocycles. The molecule has 42 heavy (non-hydrogen) atoms. The standard InChI is InChI=1S/C32H26N6O4/c1-3-4-17-35-29(39)27-23-15-16-24-20(18-25(23)36(28(27)33-30(35)40)21-11-7-5-8-12-21)19-26-34(2)31(41)37(32(42)38(24)26)22-13-9-6-10-14-22/h5-16,18-19H,3-4,17H2,1-2H3. The fourth-order valence-corrected chi connectivity index (χ4v) is 5.75. The van der Waals surface area contributed by atoms with Crippen LogP contribution >= 0.6 is 0 Å². The lowest BCUT2D eigenvalue weighted by Crippen LogP contribution is -2.41. The van der Waals surface area contributed by atoms with E-state index < -0.39 is 22.6 Å². The van der Waals surface area contributed by atoms with Crippen LogP contribution in [0.5, 0.6) is 0 Å². The van der Waals surface area contributed by atoms with E-state index in [9.17, 15) is 19.2 Å². The van der Waals surface area contributed by atoms with Crippen molar-refractivity contribution < 1.29 is 0 Å². The zero-order valence-electron chi connectivity index (χ0n) is 23.0. The van der Waals surface area contributed by atoms with E-state index in [0.717, 1.165) is 16.7 Å². The summed E-state index contributed by atoms with van der Waals surface area (Å²) in [6.45, 7) is 2.28. The molecular weight excluding hydrogens is 532 g/mol. The first-order chi connectivity index (χ1) is 20.4. The topological polar surface area (TPSA) is 105 Å². The third-order valence-corrected chi connectivity index (χ3v) is 7.83. The van der Waals surface area contributed by atoms with Crippen molar-refractivity contribution in [1.29, 1.82) is 0 Å². The van der Waals surface area contributed by atoms with E-state index in [1.807, 2.05) is 49.4 Å². The van der Waals surface area contributed by atoms with Crippen molar-refractivity contribution in [3.05, 3.63) is 127 Å². The number of rotatable bonds is 5. The van der Waals surface area contributed by atoms with Gasteiger partial charge in [0.2, 0.25) is 0 Å². The Hall–Kier alpha value is -5.51. The minimum absolute atomic E-state index is 0.279. The SMILES string of the molecule is CCCCn1c(=O)nc2c(c1=O)c1ccc3c(cc1n2-c1ccccc1)cc1n(C)c(=O)n(-c2ccccc2)c(=O)n31. The summed E-state index contributed by atoms with van der Waals surface area (Å²) in [4.78, 5) is 58.4. The Morgan fingerprint density at radius 2 is 1.40 bits per heavy atom. The van der Waals surface area contributed by atoms with E-state index in [-0.39, 0.29) is 12.2 Å². The molecule has 0 saturated heterocycles. The van der Waals surface area contributed by atoms with E-state index >= 15 is 0 Å². The lowest BCUT2D eigenvalue weighted by molar-refractivity contribution is 0.589. The summed E-state index contributed by atoms with van der Waals surface area (Å²) in [5.74, 6) is 0. The summed E-state index contributed by atoms with van der Waals surface area (Å²) in [6.07, 6.45) is 1.50. The van der Waals surface area contributed by atoms with Crippen molar-refractivity contribution in [2.45, 2.75) is 26.3 Å². The number of fused-ring (bicyclic) bond motifs is 6. The van der Waals surface area contributed by atoms with Gasteiger partial charge < -0.3 is 0 Å². The second-order valence-electron chi connectivity index (χ2n) is 10.3. The molecule has 7 rings (SSSR count). The van der Waals surface area contributed by atoms with E-state index in [1.165, 1.54) is 13.5 Å². The molecule has 10 nitrogen and oxygen atoms in total. The van der Waals surface area contributed by atoms with Crippen LogP contribution in [0, 0.1) is 0 Å². The highest BCUT2D eigenvalue weighted by Crippen LogP contribution is 2.31. The van der Waals surface area contributed by atoms with Gasteiger partial charge in [-0.1, -0.05) is 49.7 Å². The molecule has 0 fully saturated rings. The Morgan fingerprint density at radius 3 is 2.07 bits per heavy atom. The molecule has 7 aromatic rings. The van der Waals surface area contributed by atoms with Crippen LogP contribution in [-0.2, 0) is 13.6 Å². The Balaban J connectivity index is 1.66. The number of unbranched alkanes of at least 4 members (excludes halogenated alkanes) is 1. The quantitative estimate of drug-likeness (QED) is 0.320. The average Bonchev–Trinajstić information content (AvgIpc) is 3.45. The van der Waals surface area contributed by atoms with Gasteiger partial charge in [0.05, 0.1) is 22.1 Å². The predicted octanol–water partition coefficient (Wildman–Crippen LogP) is 3.76. The molecule has 0 saturated carbocycles. The number of para-hydroxylation sites is 2. The van der Waals surface area contributed by atoms with Gasteiger partial charge in [0, 0.05) is 30.1 Å². The van der Waals surface area contributed by atoms with Gasteiger partial charge in [0.15, 0.2) is 5.65 Å². The van der Waals surface area contributed by atoms with Crippen molar-refractivity contribution in [1.82, 2.24) is 27.7 Å². The first-order valence-electron chi connectivity index (χ1n) is 13.8. The minimum atomic E-state index is -0.582. The largest absolute Gasteiger partial charge is 0.352 e. The number of aryl methyl sites for hydroxylation is 1. The van der Waals surface area contributed by atoms with Crippen LogP contribution in [0.2, 0.25) is 0 Å². The molecule has 0 spiro atoms. The molecular formula is C32H26N6O4. The Kier molecular flexibility index (Phi) is 5.79. The van der Waals surface area contributed by atoms with Gasteiger partial charge in [-0.2, -0.15) is 4.98 Å². The molecule has 0 amide bonds. The third kappa shape index (κ3) is 3.61. The molecule has 0 bridgehead atoms. The van der Waals surface area contributed by atoms with Crippen molar-refractivity contribution in [2.75, 3.05) is 0 Å². The molecule has 0 unspecified atom stereocenters. The predicted molar refractivity (Wildman–Crippen MR) is 163 cm³/mol. The zero-order valence-corrected chi connectivity index (χ0v) is 23.0. The van der Waals surface area contributed by atoms with Crippen LogP contribution in [0.1, 0.15) is 19.8 Å². The van der Waals surface area contributed by atoms with Gasteiger partial charge >= 0.3 is 17.1 Å². The van der Waals surface area contributed by atoms with Crippen LogP contribution in [0.15, 0.2) is 104 Å². The summed E-state index contributed by atoms with van der Waals surface area (Å²) in [5, 5.41) is 1.62. The van der Waals surface area contributed by atoms with Gasteiger partial charge in [0.25, 0.3) is 5.56 Å². The van der Waals surface area contributed by atoms with Gasteiger partial charge in [0.1, 0.15) is 5.65 Å². The first-order valence-corrected chi connectivity index (χ1v) is 13.8. The van der Waals surface area contributed by atoms with Crippen LogP contribution < -0.4 is 22.6 Å². The van der Waals surface area contributed by atoms with Gasteiger partial charge in [-0.05, 0) is 55.0 Å². The molecule has 208 valence electrons. The maximum atomic E-state index is 13.9. The molecule has 0 N–H and O–H groups in total. The summed E-state index contributed by atoms with van der Waals surface area (Å²) in [5.41, 5.74) is 1.18. The Bertz CT molecular complexity index is 2430. The molecule has 10 heteroatoms. The van der Waals surface area contributed by atoms with Gasteiger partial charge in [-0.3, -0.25) is 18.5 Å². The van der Waals surface area contributed by atoms with Gasteiger partial charge in [-0.15, -0.1) is 0 Å². The van der Waals surface area contributed by atoms with Crippen LogP contribution in [-0.4, -0.2) is 27.7 Å². The maximum absolute atomic E-state index is 13.9. The fourth-order valence-electron chi connectivity index (χ4n) is 5.75. The molecule has 0 aliphatic carbocycles. The normalized spacial score (nSPS) is 11.8. The first kappa shape index (κ1) is 25.5. The maximum Gasteiger partial charge on any atom is 0.352 e. The number of benzene rings is 2. The zero-order chi connectivity index (χ0) is 29.1. The molecule has 4 aromatic heterocycles. The van der Waals surface area contributed by atoms with Crippen molar-refractivity contribution in [3.8, 4) is 11.4 Å². The van der Waals surface area contributed by atoms with Crippen LogP contribution in [0.25, 0.3) is 49.9 Å². The number of hydrogen-bond donors (Lipinski definition) is 0. The number of hydrogen-bond acceptors (Lipinski definition) is 5. The summed E-state index contributed by atoms with van der Waals surface area (Å²) < 4.78 is 7.10. The van der Waals surface area contributed by atoms with E-state index in [4.69, 9.17) is 0 Å². The molecule has 0 radical (unpaired) electrons. The summed E-state index contributed by atoms with van der Waals surface area (Å²) in [6, 6.07) is 25.4. The second-order valence-corrected chi connectivity index (χ2v) is 10.3. The highest BCUT2D eigenvalue weighted by atomic mass is 16.2. The van der Waals surface area contributed by atoms with Crippen molar-refractivity contribution in [2.24, 2.45) is 7.05 Å². The highest BCUT2D eigenvalue weighted by molar-refractivity contribution is 6.09. The number of aromatic nitrogens is 6. The molecule has 3 aromatic carbocycles. The van der Waals surface area contributed by atoms with E-state index in [2.05, 4.69) is 4.98 Å². The summed E-state index contributed by atoms with van der Waals surface area (Å²) in [7, 11) is 1.63. The summed E-state index contributed by atoms with van der Waals surface area (Å²) >= 11 is 0.